The number of nitrogens with one attached hydrogen (secondary N) is 1. The van der Waals surface area contributed by atoms with Crippen molar-refractivity contribution in [2.45, 2.75) is 17.7 Å². The second kappa shape index (κ2) is 5.90. The summed E-state index contributed by atoms with van der Waals surface area (Å²) >= 11 is 5.84. The first-order valence-corrected chi connectivity index (χ1v) is 7.89. The quantitative estimate of drug-likeness (QED) is 0.910. The molecule has 7 heteroatoms. The zero-order chi connectivity index (χ0) is 13.9. The Hall–Kier alpha value is -1.11. The second-order valence-corrected chi connectivity index (χ2v) is 6.49. The molecule has 0 atom stereocenters. The number of hydrogen-bond donors (Lipinski definition) is 1. The highest BCUT2D eigenvalue weighted by Gasteiger charge is 2.22. The maximum Gasteiger partial charge on any atom is 0.242 e. The van der Waals surface area contributed by atoms with Crippen molar-refractivity contribution in [3.05, 3.63) is 29.3 Å². The molecule has 0 saturated carbocycles. The molecule has 0 aromatic heterocycles. The molecule has 1 aromatic carbocycles. The Morgan fingerprint density at radius 1 is 1.26 bits per heavy atom. The van der Waals surface area contributed by atoms with Crippen LogP contribution in [0.4, 0.5) is 0 Å². The first-order valence-electron chi connectivity index (χ1n) is 6.03. The summed E-state index contributed by atoms with van der Waals surface area (Å²) in [5, 5.41) is 0.142. The molecule has 19 heavy (non-hydrogen) atoms. The van der Waals surface area contributed by atoms with Gasteiger partial charge in [0.25, 0.3) is 0 Å². The van der Waals surface area contributed by atoms with Crippen LogP contribution in [0.25, 0.3) is 0 Å². The first kappa shape index (κ1) is 14.3. The zero-order valence-electron chi connectivity index (χ0n) is 10.3. The first-order chi connectivity index (χ1) is 9.00. The van der Waals surface area contributed by atoms with Crippen molar-refractivity contribution < 1.29 is 13.2 Å². The van der Waals surface area contributed by atoms with Crippen LogP contribution in [0.2, 0.25) is 5.02 Å². The summed E-state index contributed by atoms with van der Waals surface area (Å²) in [5.74, 6) is -0.201. The minimum atomic E-state index is -3.75. The lowest BCUT2D eigenvalue weighted by Crippen LogP contribution is -2.38. The monoisotopic (exact) mass is 302 g/mol. The third-order valence-electron chi connectivity index (χ3n) is 3.00. The number of benzene rings is 1. The second-order valence-electron chi connectivity index (χ2n) is 4.34. The largest absolute Gasteiger partial charge is 0.342 e. The number of carbonyl (C=O) groups is 1. The molecule has 0 radical (unpaired) electrons. The molecule has 2 rings (SSSR count). The fourth-order valence-corrected chi connectivity index (χ4v) is 3.47. The SMILES string of the molecule is O=C(CNS(=O)(=O)c1ccccc1Cl)N1CCCC1. The number of hydrogen-bond acceptors (Lipinski definition) is 3. The fourth-order valence-electron chi connectivity index (χ4n) is 1.98. The van der Waals surface area contributed by atoms with E-state index >= 15 is 0 Å². The van der Waals surface area contributed by atoms with Crippen LogP contribution in [-0.2, 0) is 14.8 Å². The van der Waals surface area contributed by atoms with E-state index in [1.54, 1.807) is 17.0 Å². The van der Waals surface area contributed by atoms with Crippen molar-refractivity contribution in [2.75, 3.05) is 19.6 Å². The Kier molecular flexibility index (Phi) is 4.44. The molecule has 1 fully saturated rings. The summed E-state index contributed by atoms with van der Waals surface area (Å²) in [6.07, 6.45) is 1.95. The summed E-state index contributed by atoms with van der Waals surface area (Å²) in [7, 11) is -3.75. The lowest BCUT2D eigenvalue weighted by molar-refractivity contribution is -0.128. The van der Waals surface area contributed by atoms with Gasteiger partial charge in [0, 0.05) is 13.1 Å². The molecule has 1 aliphatic heterocycles. The number of rotatable bonds is 4. The Morgan fingerprint density at radius 2 is 1.89 bits per heavy atom. The van der Waals surface area contributed by atoms with Gasteiger partial charge in [0.1, 0.15) is 4.90 Å². The van der Waals surface area contributed by atoms with Gasteiger partial charge in [-0.15, -0.1) is 0 Å². The van der Waals surface area contributed by atoms with Crippen molar-refractivity contribution in [2.24, 2.45) is 0 Å². The van der Waals surface area contributed by atoms with E-state index < -0.39 is 10.0 Å². The Labute approximate surface area is 117 Å². The van der Waals surface area contributed by atoms with Crippen LogP contribution in [0.15, 0.2) is 29.2 Å². The zero-order valence-corrected chi connectivity index (χ0v) is 11.9. The van der Waals surface area contributed by atoms with Crippen molar-refractivity contribution >= 4 is 27.5 Å². The lowest BCUT2D eigenvalue weighted by Gasteiger charge is -2.15. The van der Waals surface area contributed by atoms with Crippen LogP contribution < -0.4 is 4.72 Å². The normalized spacial score (nSPS) is 15.7. The van der Waals surface area contributed by atoms with E-state index in [4.69, 9.17) is 11.6 Å². The van der Waals surface area contributed by atoms with Gasteiger partial charge in [-0.25, -0.2) is 13.1 Å². The highest BCUT2D eigenvalue weighted by Crippen LogP contribution is 2.20. The predicted octanol–water partition coefficient (Wildman–Crippen LogP) is 1.24. The maximum atomic E-state index is 12.0. The van der Waals surface area contributed by atoms with Gasteiger partial charge in [-0.1, -0.05) is 23.7 Å². The number of sulfonamides is 1. The van der Waals surface area contributed by atoms with Crippen LogP contribution in [0.1, 0.15) is 12.8 Å². The summed E-state index contributed by atoms with van der Waals surface area (Å²) in [4.78, 5) is 13.4. The number of carbonyl (C=O) groups excluding carboxylic acids is 1. The van der Waals surface area contributed by atoms with Crippen LogP contribution in [0.5, 0.6) is 0 Å². The van der Waals surface area contributed by atoms with E-state index in [1.165, 1.54) is 12.1 Å². The molecule has 0 aliphatic carbocycles. The molecule has 0 spiro atoms. The van der Waals surface area contributed by atoms with Gasteiger partial charge in [-0.05, 0) is 25.0 Å². The van der Waals surface area contributed by atoms with E-state index in [0.29, 0.717) is 13.1 Å². The van der Waals surface area contributed by atoms with E-state index in [0.717, 1.165) is 12.8 Å². The van der Waals surface area contributed by atoms with E-state index in [1.807, 2.05) is 0 Å². The number of halogens is 1. The van der Waals surface area contributed by atoms with Crippen LogP contribution in [0, 0.1) is 0 Å². The summed E-state index contributed by atoms with van der Waals surface area (Å²) < 4.78 is 26.3. The standard InChI is InChI=1S/C12H15ClN2O3S/c13-10-5-1-2-6-11(10)19(17,18)14-9-12(16)15-7-3-4-8-15/h1-2,5-6,14H,3-4,7-9H2. The smallest absolute Gasteiger partial charge is 0.242 e. The third kappa shape index (κ3) is 3.46. The molecule has 1 heterocycles. The van der Waals surface area contributed by atoms with Gasteiger partial charge in [0.05, 0.1) is 11.6 Å². The topological polar surface area (TPSA) is 66.5 Å². The molecular weight excluding hydrogens is 288 g/mol. The molecule has 1 N–H and O–H groups in total. The summed E-state index contributed by atoms with van der Waals surface area (Å²) in [5.41, 5.74) is 0. The maximum absolute atomic E-state index is 12.0. The Morgan fingerprint density at radius 3 is 2.53 bits per heavy atom. The molecule has 1 amide bonds. The Bertz CT molecular complexity index is 568. The van der Waals surface area contributed by atoms with Crippen LogP contribution in [-0.4, -0.2) is 38.9 Å². The van der Waals surface area contributed by atoms with Crippen molar-refractivity contribution in [3.8, 4) is 0 Å². The molecule has 1 aliphatic rings. The van der Waals surface area contributed by atoms with E-state index in [9.17, 15) is 13.2 Å². The molecule has 1 aromatic rings. The lowest BCUT2D eigenvalue weighted by atomic mass is 10.4. The molecule has 5 nitrogen and oxygen atoms in total. The third-order valence-corrected chi connectivity index (χ3v) is 4.90. The van der Waals surface area contributed by atoms with Crippen molar-refractivity contribution in [1.29, 1.82) is 0 Å². The molecule has 0 bridgehead atoms. The average Bonchev–Trinajstić information content (AvgIpc) is 2.90. The minimum absolute atomic E-state index is 0.00844. The highest BCUT2D eigenvalue weighted by molar-refractivity contribution is 7.89. The van der Waals surface area contributed by atoms with Gasteiger partial charge in [0.15, 0.2) is 0 Å². The van der Waals surface area contributed by atoms with Gasteiger partial charge in [0.2, 0.25) is 15.9 Å². The van der Waals surface area contributed by atoms with E-state index in [-0.39, 0.29) is 22.4 Å². The summed E-state index contributed by atoms with van der Waals surface area (Å²) in [6, 6.07) is 6.14. The van der Waals surface area contributed by atoms with Crippen molar-refractivity contribution in [1.82, 2.24) is 9.62 Å². The number of likely N-dealkylation sites (tertiary alicyclic amines) is 1. The average molecular weight is 303 g/mol. The molecular formula is C12H15ClN2O3S. The molecule has 104 valence electrons. The van der Waals surface area contributed by atoms with Gasteiger partial charge in [-0.2, -0.15) is 0 Å². The molecule has 0 unspecified atom stereocenters. The van der Waals surface area contributed by atoms with Crippen molar-refractivity contribution in [3.63, 3.8) is 0 Å². The van der Waals surface area contributed by atoms with Crippen LogP contribution in [0.3, 0.4) is 0 Å². The van der Waals surface area contributed by atoms with Crippen LogP contribution >= 0.6 is 11.6 Å². The van der Waals surface area contributed by atoms with Gasteiger partial charge >= 0.3 is 0 Å². The molecule has 1 saturated heterocycles. The number of nitrogens with zero attached hydrogens (tertiary/aromatic N) is 1. The van der Waals surface area contributed by atoms with E-state index in [2.05, 4.69) is 4.72 Å². The summed E-state index contributed by atoms with van der Waals surface area (Å²) in [6.45, 7) is 1.17. The Balaban J connectivity index is 2.02. The fraction of sp³-hybridized carbons (Fsp3) is 0.417. The minimum Gasteiger partial charge on any atom is -0.342 e. The number of amides is 1. The van der Waals surface area contributed by atoms with Gasteiger partial charge < -0.3 is 4.90 Å². The van der Waals surface area contributed by atoms with Gasteiger partial charge in [-0.3, -0.25) is 4.79 Å². The highest BCUT2D eigenvalue weighted by atomic mass is 35.5. The predicted molar refractivity (Wildman–Crippen MR) is 72.5 cm³/mol.